The van der Waals surface area contributed by atoms with Crippen LogP contribution in [0.2, 0.25) is 23.1 Å². The van der Waals surface area contributed by atoms with Gasteiger partial charge >= 0.3 is 166 Å². The Hall–Kier alpha value is 0.180. The third kappa shape index (κ3) is 2.97. The van der Waals surface area contributed by atoms with E-state index in [9.17, 15) is 0 Å². The van der Waals surface area contributed by atoms with Gasteiger partial charge in [0.15, 0.2) is 0 Å². The minimum Gasteiger partial charge on any atom is -1.00 e. The van der Waals surface area contributed by atoms with Gasteiger partial charge in [-0.2, -0.15) is 0 Å². The van der Waals surface area contributed by atoms with Gasteiger partial charge in [0.05, 0.1) is 0 Å². The summed E-state index contributed by atoms with van der Waals surface area (Å²) in [5, 5.41) is 5.20. The second-order valence-corrected chi connectivity index (χ2v) is 16.3. The van der Waals surface area contributed by atoms with Crippen LogP contribution in [-0.4, -0.2) is 8.07 Å². The zero-order valence-electron chi connectivity index (χ0n) is 14.3. The van der Waals surface area contributed by atoms with Crippen molar-refractivity contribution in [1.29, 1.82) is 0 Å². The molecule has 1 heterocycles. The molecule has 2 aliphatic carbocycles. The molecule has 26 heavy (non-hydrogen) atoms. The molecule has 0 saturated carbocycles. The molecule has 6 heteroatoms. The maximum atomic E-state index is 6.24. The van der Waals surface area contributed by atoms with Crippen molar-refractivity contribution in [3.8, 4) is 0 Å². The monoisotopic (exact) mass is 514 g/mol. The number of halogens is 4. The van der Waals surface area contributed by atoms with Gasteiger partial charge in [-0.1, -0.05) is 0 Å². The summed E-state index contributed by atoms with van der Waals surface area (Å²) in [6, 6.07) is 13.0. The second-order valence-electron chi connectivity index (χ2n) is 7.40. The number of benzene rings is 2. The van der Waals surface area contributed by atoms with E-state index in [4.69, 9.17) is 23.2 Å². The zero-order valence-corrected chi connectivity index (χ0v) is 20.8. The molecule has 1 aliphatic heterocycles. The Morgan fingerprint density at radius 2 is 1.19 bits per heavy atom. The molecule has 1 saturated heterocycles. The van der Waals surface area contributed by atoms with Crippen molar-refractivity contribution in [1.82, 2.24) is 0 Å². The number of hydrogen-bond donors (Lipinski definition) is 0. The quantitative estimate of drug-likeness (QED) is 0.446. The van der Waals surface area contributed by atoms with E-state index in [0.29, 0.717) is 0 Å². The summed E-state index contributed by atoms with van der Waals surface area (Å²) < 4.78 is 1.46. The molecule has 1 fully saturated rings. The standard InChI is InChI=1S/C20H16Cl2Si.2ClH.Zr/c1-23(2,19-9-13-3-5-17(21)7-15(13)11-19)20-10-14-4-6-18(22)8-16(14)12-20;;;/h3-12H,1-2H3;2*1H;/q;;;+2/p-2. The van der Waals surface area contributed by atoms with Crippen LogP contribution in [0.4, 0.5) is 0 Å². The molecule has 2 unspecified atom stereocenters. The van der Waals surface area contributed by atoms with Crippen LogP contribution in [0.1, 0.15) is 29.5 Å². The van der Waals surface area contributed by atoms with E-state index in [2.05, 4.69) is 61.6 Å². The Labute approximate surface area is 189 Å². The van der Waals surface area contributed by atoms with Gasteiger partial charge < -0.3 is 24.8 Å². The van der Waals surface area contributed by atoms with Crippen molar-refractivity contribution in [2.45, 2.75) is 20.3 Å². The number of fused-ring (bicyclic) bond motifs is 6. The molecular formula is C20H16Cl4SiZr. The fraction of sp³-hybridized carbons (Fsp3) is 0.200. The van der Waals surface area contributed by atoms with Gasteiger partial charge in [-0.3, -0.25) is 0 Å². The molecule has 0 bridgehead atoms. The first-order valence-electron chi connectivity index (χ1n) is 8.24. The smallest absolute Gasteiger partial charge is 1.00 e. The first-order valence-corrected chi connectivity index (χ1v) is 14.8. The number of allylic oxidation sites excluding steroid dienone is 2. The number of rotatable bonds is 0. The maximum absolute atomic E-state index is 6.24. The van der Waals surface area contributed by atoms with Crippen molar-refractivity contribution < 1.29 is 48.0 Å². The summed E-state index contributed by atoms with van der Waals surface area (Å²) in [5.74, 6) is 0. The van der Waals surface area contributed by atoms with Gasteiger partial charge in [-0.15, -0.1) is 0 Å². The van der Waals surface area contributed by atoms with E-state index < -0.39 is 31.3 Å². The Bertz CT molecular complexity index is 889. The third-order valence-corrected chi connectivity index (χ3v) is 16.1. The van der Waals surface area contributed by atoms with Crippen LogP contribution in [0.3, 0.4) is 0 Å². The van der Waals surface area contributed by atoms with Crippen molar-refractivity contribution in [2.24, 2.45) is 0 Å². The Kier molecular flexibility index (Phi) is 5.80. The molecule has 0 amide bonds. The summed E-state index contributed by atoms with van der Waals surface area (Å²) >= 11 is 11.8. The van der Waals surface area contributed by atoms with E-state index in [-0.39, 0.29) is 24.8 Å². The zero-order chi connectivity index (χ0) is 16.6. The van der Waals surface area contributed by atoms with Crippen LogP contribution in [0.25, 0.3) is 12.2 Å². The van der Waals surface area contributed by atoms with E-state index in [1.54, 1.807) is 21.5 Å². The second kappa shape index (κ2) is 7.21. The van der Waals surface area contributed by atoms with E-state index in [0.717, 1.165) is 17.3 Å². The Balaban J connectivity index is 0.000000980. The minimum atomic E-state index is -1.60. The van der Waals surface area contributed by atoms with Gasteiger partial charge in [0.1, 0.15) is 0 Å². The van der Waals surface area contributed by atoms with Crippen molar-refractivity contribution in [3.63, 3.8) is 0 Å². The number of hydrogen-bond acceptors (Lipinski definition) is 0. The van der Waals surface area contributed by atoms with E-state index in [1.807, 2.05) is 0 Å². The molecule has 2 atom stereocenters. The normalized spacial score (nSPS) is 22.8. The van der Waals surface area contributed by atoms with Gasteiger partial charge in [0, 0.05) is 0 Å². The van der Waals surface area contributed by atoms with Crippen molar-refractivity contribution in [2.75, 3.05) is 0 Å². The molecule has 132 valence electrons. The first kappa shape index (κ1) is 20.9. The van der Waals surface area contributed by atoms with Gasteiger partial charge in [-0.25, -0.2) is 0 Å². The average molecular weight is 517 g/mol. The molecule has 0 N–H and O–H groups in total. The molecule has 2 aromatic rings. The van der Waals surface area contributed by atoms with E-state index >= 15 is 0 Å². The topological polar surface area (TPSA) is 0 Å². The summed E-state index contributed by atoms with van der Waals surface area (Å²) in [5.41, 5.74) is 5.84. The fourth-order valence-electron chi connectivity index (χ4n) is 4.48. The third-order valence-electron chi connectivity index (χ3n) is 5.74. The summed E-state index contributed by atoms with van der Waals surface area (Å²) in [6.07, 6.45) is 4.96. The van der Waals surface area contributed by atoms with Gasteiger partial charge in [-0.05, 0) is 0 Å². The molecule has 0 aromatic heterocycles. The molecular weight excluding hydrogens is 501 g/mol. The molecule has 3 aliphatic rings. The van der Waals surface area contributed by atoms with Gasteiger partial charge in [0.2, 0.25) is 0 Å². The first-order chi connectivity index (χ1) is 11.4. The SMILES string of the molecule is C[Si]1(C)C2=Cc3cc(Cl)ccc3[CH]2[Zr+2][CH]2C1=Cc1cc(Cl)ccc12.[Cl-].[Cl-]. The molecule has 0 nitrogen and oxygen atoms in total. The largest absolute Gasteiger partial charge is 1.00 e. The molecule has 0 radical (unpaired) electrons. The predicted molar refractivity (Wildman–Crippen MR) is 102 cm³/mol. The average Bonchev–Trinajstić information content (AvgIpc) is 3.06. The molecule has 2 aromatic carbocycles. The van der Waals surface area contributed by atoms with E-state index in [1.165, 1.54) is 11.1 Å². The summed E-state index contributed by atoms with van der Waals surface area (Å²) in [6.45, 7) is 5.06. The van der Waals surface area contributed by atoms with Crippen molar-refractivity contribution in [3.05, 3.63) is 79.1 Å². The fourth-order valence-corrected chi connectivity index (χ4v) is 18.6. The van der Waals surface area contributed by atoms with Gasteiger partial charge in [0.25, 0.3) is 0 Å². The van der Waals surface area contributed by atoms with Crippen LogP contribution < -0.4 is 24.8 Å². The van der Waals surface area contributed by atoms with Crippen LogP contribution in [0, 0.1) is 0 Å². The van der Waals surface area contributed by atoms with Crippen LogP contribution >= 0.6 is 23.2 Å². The van der Waals surface area contributed by atoms with Crippen LogP contribution in [-0.2, 0) is 23.2 Å². The minimum absolute atomic E-state index is 0. The Morgan fingerprint density at radius 1 is 0.769 bits per heavy atom. The Morgan fingerprint density at radius 3 is 1.62 bits per heavy atom. The molecule has 5 rings (SSSR count). The summed E-state index contributed by atoms with van der Waals surface area (Å²) in [7, 11) is -1.60. The van der Waals surface area contributed by atoms with Crippen LogP contribution in [0.15, 0.2) is 46.8 Å². The van der Waals surface area contributed by atoms with Crippen molar-refractivity contribution >= 4 is 43.4 Å². The van der Waals surface area contributed by atoms with Crippen LogP contribution in [0.5, 0.6) is 0 Å². The maximum Gasteiger partial charge on any atom is -1.00 e. The summed E-state index contributed by atoms with van der Waals surface area (Å²) in [4.78, 5) is 0. The predicted octanol–water partition coefficient (Wildman–Crippen LogP) is 0.461. The molecule has 0 spiro atoms.